The van der Waals surface area contributed by atoms with E-state index in [-0.39, 0.29) is 12.5 Å². The number of rotatable bonds is 6. The van der Waals surface area contributed by atoms with Crippen molar-refractivity contribution in [1.82, 2.24) is 15.5 Å². The summed E-state index contributed by atoms with van der Waals surface area (Å²) in [4.78, 5) is 16.6. The monoisotopic (exact) mass is 385 g/mol. The van der Waals surface area contributed by atoms with Gasteiger partial charge >= 0.3 is 0 Å². The molecule has 0 fully saturated rings. The molecule has 0 aliphatic carbocycles. The Kier molecular flexibility index (Phi) is 5.76. The van der Waals surface area contributed by atoms with E-state index in [9.17, 15) is 4.79 Å². The van der Waals surface area contributed by atoms with E-state index in [1.165, 1.54) is 0 Å². The fourth-order valence-electron chi connectivity index (χ4n) is 2.48. The Bertz CT molecular complexity index is 955. The molecular weight excluding hydrogens is 366 g/mol. The molecule has 2 aromatic carbocycles. The molecule has 27 heavy (non-hydrogen) atoms. The summed E-state index contributed by atoms with van der Waals surface area (Å²) in [7, 11) is 0. The summed E-state index contributed by atoms with van der Waals surface area (Å²) in [5, 5.41) is 7.34. The number of hydrogen-bond acceptors (Lipinski definition) is 5. The van der Waals surface area contributed by atoms with E-state index in [2.05, 4.69) is 15.5 Å². The van der Waals surface area contributed by atoms with Crippen molar-refractivity contribution in [1.29, 1.82) is 0 Å². The quantitative estimate of drug-likeness (QED) is 0.691. The first-order chi connectivity index (χ1) is 12.9. The molecular formula is C20H20ClN3O3. The number of benzene rings is 2. The Hall–Kier alpha value is -2.86. The minimum atomic E-state index is -0.676. The number of aromatic nitrogens is 2. The van der Waals surface area contributed by atoms with Crippen molar-refractivity contribution in [2.45, 2.75) is 33.4 Å². The van der Waals surface area contributed by atoms with Gasteiger partial charge in [0.25, 0.3) is 5.91 Å². The molecule has 0 bridgehead atoms. The van der Waals surface area contributed by atoms with Crippen molar-refractivity contribution in [3.8, 4) is 17.1 Å². The van der Waals surface area contributed by atoms with E-state index in [0.717, 1.165) is 16.7 Å². The van der Waals surface area contributed by atoms with Crippen LogP contribution in [0.25, 0.3) is 11.4 Å². The van der Waals surface area contributed by atoms with E-state index in [4.69, 9.17) is 20.9 Å². The molecule has 0 aliphatic heterocycles. The molecule has 1 amide bonds. The Morgan fingerprint density at radius 1 is 1.26 bits per heavy atom. The van der Waals surface area contributed by atoms with Gasteiger partial charge in [-0.15, -0.1) is 0 Å². The average Bonchev–Trinajstić information content (AvgIpc) is 3.12. The molecule has 1 heterocycles. The number of halogens is 1. The van der Waals surface area contributed by atoms with Crippen LogP contribution in [0.1, 0.15) is 23.9 Å². The minimum absolute atomic E-state index is 0.130. The number of nitrogens with one attached hydrogen (secondary N) is 1. The number of ether oxygens (including phenoxy) is 1. The summed E-state index contributed by atoms with van der Waals surface area (Å²) in [5.41, 5.74) is 2.86. The van der Waals surface area contributed by atoms with Crippen LogP contribution in [0.2, 0.25) is 5.02 Å². The zero-order chi connectivity index (χ0) is 19.4. The van der Waals surface area contributed by atoms with Gasteiger partial charge in [0, 0.05) is 10.6 Å². The maximum Gasteiger partial charge on any atom is 0.261 e. The van der Waals surface area contributed by atoms with Gasteiger partial charge in [-0.3, -0.25) is 4.79 Å². The van der Waals surface area contributed by atoms with E-state index in [0.29, 0.717) is 22.5 Å². The van der Waals surface area contributed by atoms with Crippen molar-refractivity contribution < 1.29 is 14.1 Å². The summed E-state index contributed by atoms with van der Waals surface area (Å²) < 4.78 is 10.9. The van der Waals surface area contributed by atoms with Gasteiger partial charge in [-0.2, -0.15) is 4.98 Å². The van der Waals surface area contributed by atoms with Crippen molar-refractivity contribution in [3.63, 3.8) is 0 Å². The smallest absolute Gasteiger partial charge is 0.261 e. The summed E-state index contributed by atoms with van der Waals surface area (Å²) in [6.45, 7) is 5.67. The fraction of sp³-hybridized carbons (Fsp3) is 0.250. The Balaban J connectivity index is 1.56. The molecule has 1 N–H and O–H groups in total. The van der Waals surface area contributed by atoms with Crippen molar-refractivity contribution in [2.75, 3.05) is 0 Å². The van der Waals surface area contributed by atoms with Crippen LogP contribution in [0.4, 0.5) is 0 Å². The molecule has 1 aromatic heterocycles. The maximum absolute atomic E-state index is 12.2. The van der Waals surface area contributed by atoms with Gasteiger partial charge < -0.3 is 14.6 Å². The van der Waals surface area contributed by atoms with Crippen molar-refractivity contribution >= 4 is 17.5 Å². The number of carbonyl (C=O) groups is 1. The van der Waals surface area contributed by atoms with Crippen LogP contribution in [0.3, 0.4) is 0 Å². The number of nitrogens with zero attached hydrogens (tertiary/aromatic N) is 2. The first-order valence-corrected chi connectivity index (χ1v) is 8.90. The summed E-state index contributed by atoms with van der Waals surface area (Å²) >= 11 is 5.99. The number of aryl methyl sites for hydroxylation is 2. The van der Waals surface area contributed by atoms with Crippen molar-refractivity contribution in [3.05, 3.63) is 64.5 Å². The molecule has 0 spiro atoms. The first-order valence-electron chi connectivity index (χ1n) is 8.52. The largest absolute Gasteiger partial charge is 0.481 e. The SMILES string of the molecule is Cc1cccc(-c2noc(CNC(=O)[C@@H](C)Oc3ccc(Cl)c(C)c3)n2)c1. The summed E-state index contributed by atoms with van der Waals surface area (Å²) in [6.07, 6.45) is -0.676. The molecule has 0 saturated carbocycles. The number of amides is 1. The van der Waals surface area contributed by atoms with Crippen LogP contribution in [-0.4, -0.2) is 22.2 Å². The third-order valence-electron chi connectivity index (χ3n) is 3.97. The second kappa shape index (κ2) is 8.22. The van der Waals surface area contributed by atoms with Gasteiger partial charge in [-0.1, -0.05) is 40.5 Å². The van der Waals surface area contributed by atoms with E-state index in [1.54, 1.807) is 25.1 Å². The van der Waals surface area contributed by atoms with Crippen molar-refractivity contribution in [2.24, 2.45) is 0 Å². The second-order valence-electron chi connectivity index (χ2n) is 6.27. The van der Waals surface area contributed by atoms with Crippen LogP contribution in [0.5, 0.6) is 5.75 Å². The molecule has 0 aliphatic rings. The lowest BCUT2D eigenvalue weighted by Crippen LogP contribution is -2.36. The van der Waals surface area contributed by atoms with Gasteiger partial charge in [-0.05, 0) is 50.6 Å². The average molecular weight is 386 g/mol. The zero-order valence-corrected chi connectivity index (χ0v) is 16.1. The lowest BCUT2D eigenvalue weighted by Gasteiger charge is -2.14. The molecule has 0 radical (unpaired) electrons. The van der Waals surface area contributed by atoms with E-state index < -0.39 is 6.10 Å². The highest BCUT2D eigenvalue weighted by Gasteiger charge is 2.16. The third kappa shape index (κ3) is 4.86. The second-order valence-corrected chi connectivity index (χ2v) is 6.68. The van der Waals surface area contributed by atoms with Gasteiger partial charge in [0.15, 0.2) is 6.10 Å². The molecule has 3 aromatic rings. The van der Waals surface area contributed by atoms with Gasteiger partial charge in [0.1, 0.15) is 5.75 Å². The van der Waals surface area contributed by atoms with E-state index in [1.807, 2.05) is 38.1 Å². The van der Waals surface area contributed by atoms with Gasteiger partial charge in [0.2, 0.25) is 11.7 Å². The molecule has 7 heteroatoms. The standard InChI is InChI=1S/C20H20ClN3O3/c1-12-5-4-6-15(9-12)19-23-18(27-24-19)11-22-20(25)14(3)26-16-7-8-17(21)13(2)10-16/h4-10,14H,11H2,1-3H3,(H,22,25)/t14-/m1/s1. The highest BCUT2D eigenvalue weighted by Crippen LogP contribution is 2.22. The molecule has 3 rings (SSSR count). The zero-order valence-electron chi connectivity index (χ0n) is 15.3. The molecule has 1 atom stereocenters. The summed E-state index contributed by atoms with van der Waals surface area (Å²) in [5.74, 6) is 1.12. The Morgan fingerprint density at radius 2 is 2.07 bits per heavy atom. The number of hydrogen-bond donors (Lipinski definition) is 1. The molecule has 140 valence electrons. The highest BCUT2D eigenvalue weighted by molar-refractivity contribution is 6.31. The minimum Gasteiger partial charge on any atom is -0.481 e. The lowest BCUT2D eigenvalue weighted by molar-refractivity contribution is -0.127. The Labute approximate surface area is 162 Å². The predicted octanol–water partition coefficient (Wildman–Crippen LogP) is 4.09. The third-order valence-corrected chi connectivity index (χ3v) is 4.39. The summed E-state index contributed by atoms with van der Waals surface area (Å²) in [6, 6.07) is 13.1. The van der Waals surface area contributed by atoms with Crippen LogP contribution in [0.15, 0.2) is 47.0 Å². The predicted molar refractivity (Wildman–Crippen MR) is 103 cm³/mol. The van der Waals surface area contributed by atoms with E-state index >= 15 is 0 Å². The van der Waals surface area contributed by atoms with Gasteiger partial charge in [-0.25, -0.2) is 0 Å². The maximum atomic E-state index is 12.2. The normalized spacial score (nSPS) is 11.9. The van der Waals surface area contributed by atoms with Crippen LogP contribution in [-0.2, 0) is 11.3 Å². The van der Waals surface area contributed by atoms with Crippen LogP contribution in [0, 0.1) is 13.8 Å². The van der Waals surface area contributed by atoms with Crippen LogP contribution < -0.4 is 10.1 Å². The first kappa shape index (κ1) is 18.9. The highest BCUT2D eigenvalue weighted by atomic mass is 35.5. The lowest BCUT2D eigenvalue weighted by atomic mass is 10.1. The molecule has 0 saturated heterocycles. The van der Waals surface area contributed by atoms with Gasteiger partial charge in [0.05, 0.1) is 6.54 Å². The fourth-order valence-corrected chi connectivity index (χ4v) is 2.60. The molecule has 0 unspecified atom stereocenters. The Morgan fingerprint density at radius 3 is 2.81 bits per heavy atom. The van der Waals surface area contributed by atoms with Crippen LogP contribution >= 0.6 is 11.6 Å². The molecule has 6 nitrogen and oxygen atoms in total. The number of carbonyl (C=O) groups excluding carboxylic acids is 1. The topological polar surface area (TPSA) is 77.2 Å².